The molecule has 2 rings (SSSR count). The lowest BCUT2D eigenvalue weighted by Crippen LogP contribution is -2.21. The van der Waals surface area contributed by atoms with Crippen molar-refractivity contribution in [2.24, 2.45) is 0 Å². The van der Waals surface area contributed by atoms with E-state index in [1.165, 1.54) is 0 Å². The largest absolute Gasteiger partial charge is 0.491 e. The highest BCUT2D eigenvalue weighted by Gasteiger charge is 2.23. The Hall–Kier alpha value is -2.02. The van der Waals surface area contributed by atoms with Crippen LogP contribution in [0.5, 0.6) is 11.5 Å². The molecule has 0 aliphatic heterocycles. The molecule has 5 nitrogen and oxygen atoms in total. The molecule has 0 saturated heterocycles. The Morgan fingerprint density at radius 3 is 1.59 bits per heavy atom. The van der Waals surface area contributed by atoms with Crippen LogP contribution < -0.4 is 9.47 Å². The van der Waals surface area contributed by atoms with Gasteiger partial charge in [-0.1, -0.05) is 44.4 Å². The molecule has 6 heteroatoms. The summed E-state index contributed by atoms with van der Waals surface area (Å²) in [5.41, 5.74) is 2.02. The summed E-state index contributed by atoms with van der Waals surface area (Å²) in [4.78, 5) is 0. The fraction of sp³-hybridized carbons (Fsp3) is 0.429. The minimum Gasteiger partial charge on any atom is -0.491 e. The summed E-state index contributed by atoms with van der Waals surface area (Å²) in [6.07, 6.45) is -1.38. The number of rotatable bonds is 10. The first-order valence-electron chi connectivity index (χ1n) is 9.00. The first-order chi connectivity index (χ1) is 12.9. The van der Waals surface area contributed by atoms with Gasteiger partial charge in [-0.05, 0) is 35.4 Å². The fourth-order valence-electron chi connectivity index (χ4n) is 2.61. The van der Waals surface area contributed by atoms with Gasteiger partial charge >= 0.3 is 0 Å². The van der Waals surface area contributed by atoms with E-state index in [4.69, 9.17) is 22.4 Å². The Bertz CT molecular complexity index is 625. The Labute approximate surface area is 162 Å². The first-order valence-corrected chi connectivity index (χ1v) is 9.00. The quantitative estimate of drug-likeness (QED) is 0.558. The summed E-state index contributed by atoms with van der Waals surface area (Å²) in [6.45, 7) is 4.17. The topological polar surface area (TPSA) is 79.2 Å². The lowest BCUT2D eigenvalue weighted by Gasteiger charge is -2.26. The van der Waals surface area contributed by atoms with Gasteiger partial charge in [-0.15, -0.1) is 0 Å². The van der Waals surface area contributed by atoms with E-state index in [2.05, 4.69) is 13.8 Å². The normalized spacial score (nSPS) is 13.8. The Morgan fingerprint density at radius 2 is 1.22 bits per heavy atom. The number of hydrogen-bond acceptors (Lipinski definition) is 5. The maximum atomic E-state index is 9.47. The molecule has 2 unspecified atom stereocenters. The van der Waals surface area contributed by atoms with Gasteiger partial charge in [0.05, 0.1) is 20.6 Å². The highest BCUT2D eigenvalue weighted by molar-refractivity contribution is 6.08. The number of aliphatic hydroxyl groups excluding tert-OH is 3. The van der Waals surface area contributed by atoms with Crippen LogP contribution in [0.15, 0.2) is 48.5 Å². The second-order valence-corrected chi connectivity index (χ2v) is 7.02. The monoisotopic (exact) mass is 370 g/mol. The first kappa shape index (κ1) is 21.3. The maximum absolute atomic E-state index is 9.47. The van der Waals surface area contributed by atoms with Gasteiger partial charge in [0.15, 0.2) is 0 Å². The molecule has 0 fully saturated rings. The van der Waals surface area contributed by atoms with Crippen LogP contribution in [0, 0.1) is 0 Å². The molecule has 2 atom stereocenters. The average molecular weight is 370 g/mol. The predicted molar refractivity (Wildman–Crippen MR) is 106 cm³/mol. The predicted octanol–water partition coefficient (Wildman–Crippen LogP) is 2.07. The summed E-state index contributed by atoms with van der Waals surface area (Å²) < 4.78 is 11.0. The number of ether oxygens (including phenoxy) is 2. The molecule has 0 spiro atoms. The van der Waals surface area contributed by atoms with Crippen molar-refractivity contribution >= 4 is 7.85 Å². The van der Waals surface area contributed by atoms with Crippen molar-refractivity contribution in [1.29, 1.82) is 0 Å². The highest BCUT2D eigenvalue weighted by Crippen LogP contribution is 2.33. The third kappa shape index (κ3) is 5.99. The minimum atomic E-state index is -0.882. The van der Waals surface area contributed by atoms with Gasteiger partial charge in [0.2, 0.25) is 0 Å². The van der Waals surface area contributed by atoms with E-state index in [0.29, 0.717) is 11.5 Å². The molecule has 0 saturated carbocycles. The van der Waals surface area contributed by atoms with Gasteiger partial charge in [0.25, 0.3) is 0 Å². The molecule has 0 amide bonds. The Morgan fingerprint density at radius 1 is 0.815 bits per heavy atom. The van der Waals surface area contributed by atoms with E-state index in [-0.39, 0.29) is 31.6 Å². The second kappa shape index (κ2) is 9.79. The molecule has 3 N–H and O–H groups in total. The van der Waals surface area contributed by atoms with Crippen LogP contribution >= 0.6 is 0 Å². The van der Waals surface area contributed by atoms with Crippen LogP contribution in [0.3, 0.4) is 0 Å². The second-order valence-electron chi connectivity index (χ2n) is 7.02. The van der Waals surface area contributed by atoms with E-state index in [0.717, 1.165) is 11.1 Å². The molecule has 0 aliphatic carbocycles. The molecule has 27 heavy (non-hydrogen) atoms. The number of hydrogen-bond donors (Lipinski definition) is 3. The summed E-state index contributed by atoms with van der Waals surface area (Å²) in [5.74, 6) is 1.33. The summed E-state index contributed by atoms with van der Waals surface area (Å²) in [5, 5.41) is 27.6. The molecular weight excluding hydrogens is 343 g/mol. The molecular formula is C21H27BO5. The van der Waals surface area contributed by atoms with Crippen LogP contribution in [0.25, 0.3) is 0 Å². The molecule has 0 heterocycles. The van der Waals surface area contributed by atoms with E-state index in [1.807, 2.05) is 48.5 Å². The van der Waals surface area contributed by atoms with Crippen LogP contribution in [0.4, 0.5) is 0 Å². The van der Waals surface area contributed by atoms with Crippen molar-refractivity contribution in [1.82, 2.24) is 0 Å². The molecule has 0 aromatic heterocycles. The van der Waals surface area contributed by atoms with E-state index < -0.39 is 12.2 Å². The van der Waals surface area contributed by atoms with Crippen molar-refractivity contribution < 1.29 is 24.8 Å². The fourth-order valence-corrected chi connectivity index (χ4v) is 2.61. The molecule has 0 aliphatic rings. The molecule has 144 valence electrons. The lowest BCUT2D eigenvalue weighted by atomic mass is 9.78. The molecule has 0 bridgehead atoms. The average Bonchev–Trinajstić information content (AvgIpc) is 2.70. The van der Waals surface area contributed by atoms with Crippen LogP contribution in [-0.4, -0.2) is 55.2 Å². The van der Waals surface area contributed by atoms with Crippen molar-refractivity contribution in [2.75, 3.05) is 19.8 Å². The maximum Gasteiger partial charge on any atom is 0.119 e. The lowest BCUT2D eigenvalue weighted by molar-refractivity contribution is 0.0536. The Kier molecular flexibility index (Phi) is 7.71. The van der Waals surface area contributed by atoms with E-state index in [1.54, 1.807) is 0 Å². The summed E-state index contributed by atoms with van der Waals surface area (Å²) >= 11 is 0. The van der Waals surface area contributed by atoms with Gasteiger partial charge in [0.1, 0.15) is 30.8 Å². The van der Waals surface area contributed by atoms with Gasteiger partial charge in [0, 0.05) is 5.41 Å². The third-order valence-electron chi connectivity index (χ3n) is 4.52. The van der Waals surface area contributed by atoms with Crippen molar-refractivity contribution in [3.05, 3.63) is 59.7 Å². The van der Waals surface area contributed by atoms with E-state index >= 15 is 0 Å². The number of aliphatic hydroxyl groups is 3. The van der Waals surface area contributed by atoms with Gasteiger partial charge in [-0.2, -0.15) is 0 Å². The van der Waals surface area contributed by atoms with Gasteiger partial charge in [-0.3, -0.25) is 0 Å². The van der Waals surface area contributed by atoms with Crippen molar-refractivity contribution in [3.8, 4) is 11.5 Å². The zero-order valence-corrected chi connectivity index (χ0v) is 15.8. The summed E-state index contributed by atoms with van der Waals surface area (Å²) in [7, 11) is 5.37. The minimum absolute atomic E-state index is 0.0551. The Balaban J connectivity index is 2.04. The summed E-state index contributed by atoms with van der Waals surface area (Å²) in [6, 6.07) is 15.5. The van der Waals surface area contributed by atoms with Crippen LogP contribution in [-0.2, 0) is 5.41 Å². The smallest absolute Gasteiger partial charge is 0.119 e. The number of benzene rings is 2. The zero-order chi connectivity index (χ0) is 19.9. The molecule has 2 aromatic carbocycles. The van der Waals surface area contributed by atoms with Crippen LogP contribution in [0.1, 0.15) is 25.0 Å². The van der Waals surface area contributed by atoms with Gasteiger partial charge in [-0.25, -0.2) is 0 Å². The van der Waals surface area contributed by atoms with Crippen molar-refractivity contribution in [2.45, 2.75) is 37.8 Å². The van der Waals surface area contributed by atoms with E-state index in [9.17, 15) is 10.2 Å². The standard InChI is InChI=1S/C21H27BO5/c1-21(2,15-3-7-19(8-4-15)26-13-17(24)11-22)16-5-9-20(10-6-16)27-14-18(25)12-23/h3-10,17-18,23-25H,11-14H2,1-2H3. The molecule has 2 aromatic rings. The van der Waals surface area contributed by atoms with Crippen molar-refractivity contribution in [3.63, 3.8) is 0 Å². The highest BCUT2D eigenvalue weighted by atomic mass is 16.5. The SMILES string of the molecule is [B]CC(O)COc1ccc(C(C)(C)c2ccc(OCC(O)CO)cc2)cc1. The van der Waals surface area contributed by atoms with Gasteiger partial charge < -0.3 is 24.8 Å². The molecule has 2 radical (unpaired) electrons. The third-order valence-corrected chi connectivity index (χ3v) is 4.52. The van der Waals surface area contributed by atoms with Crippen LogP contribution in [0.2, 0.25) is 6.32 Å². The zero-order valence-electron chi connectivity index (χ0n) is 15.8.